The van der Waals surface area contributed by atoms with Gasteiger partial charge in [0.05, 0.1) is 29.2 Å². The molecule has 0 atom stereocenters. The lowest BCUT2D eigenvalue weighted by Crippen LogP contribution is -2.34. The van der Waals surface area contributed by atoms with Crippen molar-refractivity contribution >= 4 is 23.3 Å². The summed E-state index contributed by atoms with van der Waals surface area (Å²) in [6, 6.07) is 8.54. The SMILES string of the molecule is N#Cc1cnn2cc(N3CCCC3)cc(-c3ccc(N4CCC(C=O)CC4)nc3)c12. The third kappa shape index (κ3) is 3.28. The zero-order valence-electron chi connectivity index (χ0n) is 16.9. The van der Waals surface area contributed by atoms with Crippen molar-refractivity contribution in [3.8, 4) is 17.2 Å². The minimum absolute atomic E-state index is 0.174. The average molecular weight is 400 g/mol. The minimum atomic E-state index is 0.174. The smallest absolute Gasteiger partial charge is 0.128 e. The van der Waals surface area contributed by atoms with E-state index in [4.69, 9.17) is 4.98 Å². The van der Waals surface area contributed by atoms with Crippen LogP contribution in [0.25, 0.3) is 16.6 Å². The van der Waals surface area contributed by atoms with Crippen molar-refractivity contribution in [2.75, 3.05) is 36.0 Å². The molecule has 0 saturated carbocycles. The molecule has 2 aliphatic rings. The van der Waals surface area contributed by atoms with E-state index in [1.807, 2.05) is 23.0 Å². The normalized spacial score (nSPS) is 17.4. The third-order valence-corrected chi connectivity index (χ3v) is 6.30. The topological polar surface area (TPSA) is 77.5 Å². The van der Waals surface area contributed by atoms with Crippen LogP contribution in [0.3, 0.4) is 0 Å². The molecule has 7 nitrogen and oxygen atoms in total. The van der Waals surface area contributed by atoms with E-state index in [1.54, 1.807) is 6.20 Å². The maximum atomic E-state index is 11.0. The number of hydrogen-bond acceptors (Lipinski definition) is 6. The van der Waals surface area contributed by atoms with Crippen LogP contribution in [-0.4, -0.2) is 47.1 Å². The van der Waals surface area contributed by atoms with Gasteiger partial charge in [-0.25, -0.2) is 9.50 Å². The summed E-state index contributed by atoms with van der Waals surface area (Å²) in [5.41, 5.74) is 4.47. The van der Waals surface area contributed by atoms with Crippen LogP contribution in [0.5, 0.6) is 0 Å². The molecule has 5 rings (SSSR count). The van der Waals surface area contributed by atoms with Crippen LogP contribution >= 0.6 is 0 Å². The van der Waals surface area contributed by atoms with Crippen molar-refractivity contribution in [3.63, 3.8) is 0 Å². The van der Waals surface area contributed by atoms with Crippen molar-refractivity contribution in [2.45, 2.75) is 25.7 Å². The summed E-state index contributed by atoms with van der Waals surface area (Å²) in [7, 11) is 0. The van der Waals surface area contributed by atoms with Gasteiger partial charge in [-0.3, -0.25) is 0 Å². The fraction of sp³-hybridized carbons (Fsp3) is 0.391. The van der Waals surface area contributed by atoms with E-state index < -0.39 is 0 Å². The van der Waals surface area contributed by atoms with E-state index >= 15 is 0 Å². The van der Waals surface area contributed by atoms with Crippen molar-refractivity contribution < 1.29 is 4.79 Å². The Kier molecular flexibility index (Phi) is 4.83. The Bertz CT molecular complexity index is 1100. The lowest BCUT2D eigenvalue weighted by molar-refractivity contribution is -0.111. The van der Waals surface area contributed by atoms with Crippen LogP contribution in [-0.2, 0) is 4.79 Å². The van der Waals surface area contributed by atoms with E-state index in [0.717, 1.165) is 73.5 Å². The lowest BCUT2D eigenvalue weighted by atomic mass is 9.98. The molecular weight excluding hydrogens is 376 g/mol. The van der Waals surface area contributed by atoms with E-state index in [1.165, 1.54) is 12.8 Å². The van der Waals surface area contributed by atoms with Gasteiger partial charge < -0.3 is 14.6 Å². The molecule has 0 amide bonds. The average Bonchev–Trinajstić information content (AvgIpc) is 3.49. The largest absolute Gasteiger partial charge is 0.370 e. The summed E-state index contributed by atoms with van der Waals surface area (Å²) in [6.45, 7) is 3.80. The van der Waals surface area contributed by atoms with Crippen LogP contribution < -0.4 is 9.80 Å². The van der Waals surface area contributed by atoms with Crippen molar-refractivity contribution in [1.29, 1.82) is 5.26 Å². The molecule has 152 valence electrons. The zero-order chi connectivity index (χ0) is 20.5. The number of fused-ring (bicyclic) bond motifs is 1. The van der Waals surface area contributed by atoms with E-state index in [9.17, 15) is 10.1 Å². The number of piperidine rings is 1. The molecule has 0 aromatic carbocycles. The number of aromatic nitrogens is 3. The second-order valence-corrected chi connectivity index (χ2v) is 8.13. The Morgan fingerprint density at radius 3 is 2.53 bits per heavy atom. The quantitative estimate of drug-likeness (QED) is 0.626. The van der Waals surface area contributed by atoms with Gasteiger partial charge in [0.15, 0.2) is 0 Å². The van der Waals surface area contributed by atoms with Crippen LogP contribution in [0.2, 0.25) is 0 Å². The van der Waals surface area contributed by atoms with Crippen LogP contribution in [0.4, 0.5) is 11.5 Å². The van der Waals surface area contributed by atoms with Crippen molar-refractivity contribution in [2.24, 2.45) is 5.92 Å². The molecule has 7 heteroatoms. The molecule has 0 N–H and O–H groups in total. The molecule has 3 aromatic heterocycles. The molecule has 2 fully saturated rings. The molecule has 0 spiro atoms. The van der Waals surface area contributed by atoms with Gasteiger partial charge in [-0.05, 0) is 43.9 Å². The molecule has 30 heavy (non-hydrogen) atoms. The standard InChI is InChI=1S/C23H24N6O/c24-12-19-14-26-29-15-20(27-7-1-2-8-27)11-21(23(19)29)18-3-4-22(25-13-18)28-9-5-17(16-30)6-10-28/h3-4,11,13-17H,1-2,5-10H2. The summed E-state index contributed by atoms with van der Waals surface area (Å²) in [5, 5.41) is 14.0. The predicted octanol–water partition coefficient (Wildman–Crippen LogP) is 3.28. The Morgan fingerprint density at radius 1 is 1.07 bits per heavy atom. The van der Waals surface area contributed by atoms with Crippen molar-refractivity contribution in [1.82, 2.24) is 14.6 Å². The summed E-state index contributed by atoms with van der Waals surface area (Å²) >= 11 is 0. The fourth-order valence-corrected chi connectivity index (χ4v) is 4.55. The first-order valence-electron chi connectivity index (χ1n) is 10.6. The molecular formula is C23H24N6O. The van der Waals surface area contributed by atoms with Crippen LogP contribution in [0.1, 0.15) is 31.2 Å². The summed E-state index contributed by atoms with van der Waals surface area (Å²) in [4.78, 5) is 20.3. The summed E-state index contributed by atoms with van der Waals surface area (Å²) in [5.74, 6) is 1.11. The number of carbonyl (C=O) groups excluding carboxylic acids is 1. The molecule has 0 bridgehead atoms. The number of carbonyl (C=O) groups is 1. The number of pyridine rings is 2. The van der Waals surface area contributed by atoms with Gasteiger partial charge in [0, 0.05) is 49.4 Å². The van der Waals surface area contributed by atoms with E-state index in [0.29, 0.717) is 5.56 Å². The fourth-order valence-electron chi connectivity index (χ4n) is 4.55. The monoisotopic (exact) mass is 400 g/mol. The third-order valence-electron chi connectivity index (χ3n) is 6.30. The number of hydrogen-bond donors (Lipinski definition) is 0. The highest BCUT2D eigenvalue weighted by atomic mass is 16.1. The molecule has 0 aliphatic carbocycles. The Morgan fingerprint density at radius 2 is 1.87 bits per heavy atom. The maximum absolute atomic E-state index is 11.0. The molecule has 2 aliphatic heterocycles. The van der Waals surface area contributed by atoms with Gasteiger partial charge in [0.25, 0.3) is 0 Å². The van der Waals surface area contributed by atoms with Gasteiger partial charge in [-0.1, -0.05) is 0 Å². The van der Waals surface area contributed by atoms with Crippen LogP contribution in [0, 0.1) is 17.2 Å². The molecule has 2 saturated heterocycles. The van der Waals surface area contributed by atoms with Gasteiger partial charge in [-0.2, -0.15) is 10.4 Å². The van der Waals surface area contributed by atoms with Crippen molar-refractivity contribution in [3.05, 3.63) is 42.4 Å². The minimum Gasteiger partial charge on any atom is -0.370 e. The van der Waals surface area contributed by atoms with E-state index in [-0.39, 0.29) is 5.92 Å². The van der Waals surface area contributed by atoms with Gasteiger partial charge in [-0.15, -0.1) is 0 Å². The maximum Gasteiger partial charge on any atom is 0.128 e. The number of anilines is 2. The first-order chi connectivity index (χ1) is 14.8. The zero-order valence-corrected chi connectivity index (χ0v) is 16.9. The Labute approximate surface area is 175 Å². The molecule has 3 aromatic rings. The Balaban J connectivity index is 1.51. The highest BCUT2D eigenvalue weighted by molar-refractivity contribution is 5.86. The number of nitrogens with zero attached hydrogens (tertiary/aromatic N) is 6. The van der Waals surface area contributed by atoms with Gasteiger partial charge >= 0.3 is 0 Å². The molecule has 0 radical (unpaired) electrons. The molecule has 0 unspecified atom stereocenters. The van der Waals surface area contributed by atoms with E-state index in [2.05, 4.69) is 33.1 Å². The van der Waals surface area contributed by atoms with Crippen LogP contribution in [0.15, 0.2) is 36.8 Å². The number of nitriles is 1. The highest BCUT2D eigenvalue weighted by Gasteiger charge is 2.21. The Hall–Kier alpha value is -3.40. The first kappa shape index (κ1) is 18.6. The first-order valence-corrected chi connectivity index (χ1v) is 10.6. The highest BCUT2D eigenvalue weighted by Crippen LogP contribution is 2.33. The van der Waals surface area contributed by atoms with Gasteiger partial charge in [0.2, 0.25) is 0 Å². The predicted molar refractivity (Wildman–Crippen MR) is 116 cm³/mol. The summed E-state index contributed by atoms with van der Waals surface area (Å²) in [6.07, 6.45) is 10.8. The summed E-state index contributed by atoms with van der Waals surface area (Å²) < 4.78 is 1.82. The second-order valence-electron chi connectivity index (χ2n) is 8.13. The second kappa shape index (κ2) is 7.79. The number of rotatable bonds is 4. The number of aldehydes is 1. The lowest BCUT2D eigenvalue weighted by Gasteiger charge is -2.30. The molecule has 5 heterocycles. The van der Waals surface area contributed by atoms with Gasteiger partial charge in [0.1, 0.15) is 18.2 Å².